The molecule has 348 valence electrons. The summed E-state index contributed by atoms with van der Waals surface area (Å²) in [5.41, 5.74) is 17.5. The third-order valence-electron chi connectivity index (χ3n) is 14.4. The van der Waals surface area contributed by atoms with Crippen LogP contribution in [0, 0.1) is 12.9 Å². The van der Waals surface area contributed by atoms with Crippen molar-refractivity contribution in [1.29, 1.82) is 0 Å². The number of aromatic hydroxyl groups is 1. The third-order valence-corrected chi connectivity index (χ3v) is 14.4. The number of rotatable bonds is 8. The number of aryl methyl sites for hydroxylation is 1. The van der Waals surface area contributed by atoms with Gasteiger partial charge in [0.05, 0.1) is 22.3 Å². The predicted molar refractivity (Wildman–Crippen MR) is 286 cm³/mol. The van der Waals surface area contributed by atoms with E-state index in [1.807, 2.05) is 54.7 Å². The Kier molecular flexibility index (Phi) is 10.8. The minimum atomic E-state index is -2.34. The van der Waals surface area contributed by atoms with Gasteiger partial charge in [0, 0.05) is 53.5 Å². The molecule has 0 saturated carbocycles. The van der Waals surface area contributed by atoms with Crippen LogP contribution in [0.15, 0.2) is 188 Å². The van der Waals surface area contributed by atoms with Crippen molar-refractivity contribution in [2.45, 2.75) is 71.6 Å². The van der Waals surface area contributed by atoms with Gasteiger partial charge < -0.3 is 5.11 Å². The molecule has 0 aliphatic heterocycles. The van der Waals surface area contributed by atoms with Gasteiger partial charge in [-0.1, -0.05) is 199 Å². The van der Waals surface area contributed by atoms with Crippen LogP contribution < -0.4 is 0 Å². The molecule has 0 fully saturated rings. The average Bonchev–Trinajstić information content (AvgIpc) is 3.87. The number of phenolic OH excluding ortho intramolecular Hbond substituents is 1. The van der Waals surface area contributed by atoms with Gasteiger partial charge in [0.1, 0.15) is 11.6 Å². The molecule has 70 heavy (non-hydrogen) atoms. The molecule has 0 bridgehead atoms. The van der Waals surface area contributed by atoms with E-state index in [4.69, 9.17) is 14.1 Å². The molecule has 4 nitrogen and oxygen atoms in total. The van der Waals surface area contributed by atoms with Gasteiger partial charge in [-0.2, -0.15) is 0 Å². The van der Waals surface area contributed by atoms with Crippen LogP contribution in [0.5, 0.6) is 5.75 Å². The molecule has 0 atom stereocenters. The Morgan fingerprint density at radius 3 is 1.99 bits per heavy atom. The number of phenols is 1. The number of hydrogen-bond donors (Lipinski definition) is 1. The number of pyridine rings is 1. The van der Waals surface area contributed by atoms with Crippen LogP contribution in [-0.4, -0.2) is 19.6 Å². The van der Waals surface area contributed by atoms with Gasteiger partial charge in [-0.05, 0) is 98.7 Å². The number of aromatic nitrogens is 3. The summed E-state index contributed by atoms with van der Waals surface area (Å²) >= 11 is 0. The summed E-state index contributed by atoms with van der Waals surface area (Å²) in [4.78, 5) is 10.5. The Morgan fingerprint density at radius 1 is 0.557 bits per heavy atom. The zero-order valence-electron chi connectivity index (χ0n) is 43.5. The van der Waals surface area contributed by atoms with Gasteiger partial charge in [-0.25, -0.2) is 4.98 Å². The zero-order chi connectivity index (χ0) is 50.3. The molecule has 2 aromatic heterocycles. The molecule has 0 saturated heterocycles. The van der Waals surface area contributed by atoms with E-state index in [9.17, 15) is 5.11 Å². The summed E-state index contributed by atoms with van der Waals surface area (Å²) in [6, 6.07) is 65.7. The van der Waals surface area contributed by atoms with Crippen LogP contribution in [0.1, 0.15) is 86.0 Å². The molecule has 8 aromatic carbocycles. The second-order valence-electron chi connectivity index (χ2n) is 20.6. The molecular formula is C65H56N3OPt-. The summed E-state index contributed by atoms with van der Waals surface area (Å²) in [6.07, 6.45) is 1.88. The Bertz CT molecular complexity index is 3720. The van der Waals surface area contributed by atoms with E-state index in [1.54, 1.807) is 12.1 Å². The fourth-order valence-electron chi connectivity index (χ4n) is 10.4. The SMILES string of the molecule is [2H]C([2H])([2H])c1ccc(-n2c(-c3cc4c(cc3O)C(C)(C)c3ccccc3-4)nc3c(-c4[c-]c(-c5cc(-c6ccc(C(C)(C)c7ccccc7)cc6)ccn5)cc(C(C)(C)C)c4)cccc32)c(-c2ccccc2)c1.[Pt]. The van der Waals surface area contributed by atoms with Crippen LogP contribution in [-0.2, 0) is 37.3 Å². The molecule has 1 aliphatic rings. The molecule has 1 N–H and O–H groups in total. The molecule has 5 heteroatoms. The van der Waals surface area contributed by atoms with Gasteiger partial charge >= 0.3 is 0 Å². The quantitative estimate of drug-likeness (QED) is 0.154. The van der Waals surface area contributed by atoms with E-state index in [2.05, 4.69) is 180 Å². The van der Waals surface area contributed by atoms with Crippen LogP contribution >= 0.6 is 0 Å². The van der Waals surface area contributed by atoms with Crippen molar-refractivity contribution in [3.63, 3.8) is 0 Å². The largest absolute Gasteiger partial charge is 0.507 e. The van der Waals surface area contributed by atoms with Gasteiger partial charge in [0.15, 0.2) is 0 Å². The van der Waals surface area contributed by atoms with Crippen molar-refractivity contribution >= 4 is 11.0 Å². The summed E-state index contributed by atoms with van der Waals surface area (Å²) < 4.78 is 27.4. The van der Waals surface area contributed by atoms with Crippen molar-refractivity contribution in [2.75, 3.05) is 0 Å². The molecule has 0 unspecified atom stereocenters. The smallest absolute Gasteiger partial charge is 0.148 e. The van der Waals surface area contributed by atoms with Crippen LogP contribution in [0.25, 0.3) is 83.9 Å². The number of nitrogens with zero attached hydrogens (tertiary/aromatic N) is 3. The normalized spacial score (nSPS) is 13.7. The monoisotopic (exact) mass is 1090 g/mol. The molecule has 0 amide bonds. The minimum absolute atomic E-state index is 0. The first-order valence-corrected chi connectivity index (χ1v) is 23.8. The van der Waals surface area contributed by atoms with E-state index in [0.717, 1.165) is 78.1 Å². The number of imidazole rings is 1. The second-order valence-corrected chi connectivity index (χ2v) is 20.6. The zero-order valence-corrected chi connectivity index (χ0v) is 42.8. The number of fused-ring (bicyclic) bond motifs is 4. The van der Waals surface area contributed by atoms with Crippen molar-refractivity contribution in [3.05, 3.63) is 228 Å². The standard InChI is InChI=1S/C65H56N3O.Pt/c1-41-26-31-58(52(34-41)43-18-11-9-12-19-43)68-59-25-17-23-50(61(59)67-62(68)54-39-53-51-22-15-16-24-55(51)65(7,8)56(53)40-60(54)69)45-35-46(37-49(36-45)63(2,3)4)57-38-44(32-33-66-57)42-27-29-48(30-28-42)64(5,6)47-20-13-10-14-21-47;/h9-34,36-40,69H,1-8H3;/q-1;/i1D3;. The molecule has 0 radical (unpaired) electrons. The number of para-hydroxylation sites is 1. The van der Waals surface area contributed by atoms with Gasteiger partial charge in [-0.15, -0.1) is 29.3 Å². The minimum Gasteiger partial charge on any atom is -0.507 e. The number of benzene rings is 8. The Labute approximate surface area is 431 Å². The Morgan fingerprint density at radius 2 is 1.24 bits per heavy atom. The fourth-order valence-corrected chi connectivity index (χ4v) is 10.4. The van der Waals surface area contributed by atoms with Crippen molar-refractivity contribution < 1.29 is 30.3 Å². The summed E-state index contributed by atoms with van der Waals surface area (Å²) in [5.74, 6) is 0.635. The van der Waals surface area contributed by atoms with E-state index >= 15 is 0 Å². The molecule has 0 spiro atoms. The van der Waals surface area contributed by atoms with Crippen LogP contribution in [0.2, 0.25) is 0 Å². The molecule has 10 aromatic rings. The first-order chi connectivity index (χ1) is 34.4. The van der Waals surface area contributed by atoms with E-state index < -0.39 is 6.85 Å². The average molecular weight is 1090 g/mol. The summed E-state index contributed by atoms with van der Waals surface area (Å²) in [7, 11) is 0. The molecule has 11 rings (SSSR count). The topological polar surface area (TPSA) is 50.9 Å². The maximum atomic E-state index is 12.3. The van der Waals surface area contributed by atoms with Gasteiger partial charge in [0.25, 0.3) is 0 Å². The summed E-state index contributed by atoms with van der Waals surface area (Å²) in [5, 5.41) is 12.3. The molecule has 1 aliphatic carbocycles. The Hall–Kier alpha value is -7.13. The van der Waals surface area contributed by atoms with Crippen LogP contribution in [0.4, 0.5) is 0 Å². The van der Waals surface area contributed by atoms with Crippen LogP contribution in [0.3, 0.4) is 0 Å². The van der Waals surface area contributed by atoms with Crippen molar-refractivity contribution in [2.24, 2.45) is 0 Å². The first-order valence-electron chi connectivity index (χ1n) is 25.3. The van der Waals surface area contributed by atoms with Crippen molar-refractivity contribution in [3.8, 4) is 78.6 Å². The fraction of sp³-hybridized carbons (Fsp3) is 0.169. The molecular weight excluding hydrogens is 1030 g/mol. The maximum absolute atomic E-state index is 12.3. The van der Waals surface area contributed by atoms with E-state index in [-0.39, 0.29) is 48.6 Å². The molecule has 2 heterocycles. The van der Waals surface area contributed by atoms with E-state index in [1.165, 1.54) is 16.7 Å². The van der Waals surface area contributed by atoms with E-state index in [0.29, 0.717) is 16.9 Å². The van der Waals surface area contributed by atoms with Gasteiger partial charge in [-0.3, -0.25) is 9.55 Å². The van der Waals surface area contributed by atoms with Crippen molar-refractivity contribution in [1.82, 2.24) is 14.5 Å². The second kappa shape index (κ2) is 17.7. The third kappa shape index (κ3) is 8.03. The number of hydrogen-bond acceptors (Lipinski definition) is 3. The maximum Gasteiger partial charge on any atom is 0.148 e. The van der Waals surface area contributed by atoms with Gasteiger partial charge in [0.2, 0.25) is 0 Å². The Balaban J connectivity index is 0.00000611. The first kappa shape index (κ1) is 42.9. The summed E-state index contributed by atoms with van der Waals surface area (Å²) in [6.45, 7) is 13.2. The predicted octanol–water partition coefficient (Wildman–Crippen LogP) is 16.5.